The van der Waals surface area contributed by atoms with Crippen LogP contribution in [0.3, 0.4) is 0 Å². The van der Waals surface area contributed by atoms with Gasteiger partial charge < -0.3 is 26.2 Å². The van der Waals surface area contributed by atoms with Gasteiger partial charge in [-0.1, -0.05) is 24.3 Å². The van der Waals surface area contributed by atoms with Gasteiger partial charge in [-0.2, -0.15) is 0 Å². The van der Waals surface area contributed by atoms with E-state index in [1.807, 2.05) is 24.3 Å². The molecule has 7 nitrogen and oxygen atoms in total. The standard InChI is InChI=1S/C20H24FN5O2/c1-25-10-12-26(13-11-25)17-5-3-2-4-16(17)23-20(28)24-18(19(22)27)14-6-8-15(21)9-7-14/h2-9,18H,10-13H2,1H3,(H2,22,27)(H2,23,24,28). The van der Waals surface area contributed by atoms with Crippen LogP contribution in [0.1, 0.15) is 11.6 Å². The number of nitrogens with zero attached hydrogens (tertiary/aromatic N) is 2. The second-order valence-corrected chi connectivity index (χ2v) is 6.79. The van der Waals surface area contributed by atoms with Crippen LogP contribution in [0.5, 0.6) is 0 Å². The molecule has 4 N–H and O–H groups in total. The molecule has 1 fully saturated rings. The summed E-state index contributed by atoms with van der Waals surface area (Å²) in [6, 6.07) is 11.2. The van der Waals surface area contributed by atoms with Crippen LogP contribution in [0.2, 0.25) is 0 Å². The average molecular weight is 385 g/mol. The van der Waals surface area contributed by atoms with Crippen molar-refractivity contribution in [3.63, 3.8) is 0 Å². The van der Waals surface area contributed by atoms with Crippen molar-refractivity contribution in [3.05, 3.63) is 59.9 Å². The number of amides is 3. The van der Waals surface area contributed by atoms with Crippen LogP contribution >= 0.6 is 0 Å². The highest BCUT2D eigenvalue weighted by molar-refractivity contribution is 5.96. The van der Waals surface area contributed by atoms with E-state index in [1.54, 1.807) is 0 Å². The van der Waals surface area contributed by atoms with E-state index in [2.05, 4.69) is 27.5 Å². The van der Waals surface area contributed by atoms with Crippen LogP contribution in [0.15, 0.2) is 48.5 Å². The summed E-state index contributed by atoms with van der Waals surface area (Å²) in [7, 11) is 2.08. The number of nitrogens with one attached hydrogen (secondary N) is 2. The molecule has 0 aromatic heterocycles. The Bertz CT molecular complexity index is 835. The van der Waals surface area contributed by atoms with Crippen molar-refractivity contribution < 1.29 is 14.0 Å². The van der Waals surface area contributed by atoms with Gasteiger partial charge in [0.1, 0.15) is 11.9 Å². The maximum absolute atomic E-state index is 13.1. The fourth-order valence-electron chi connectivity index (χ4n) is 3.17. The Labute approximate surface area is 163 Å². The maximum Gasteiger partial charge on any atom is 0.320 e. The fraction of sp³-hybridized carbons (Fsp3) is 0.300. The number of likely N-dealkylation sites (N-methyl/N-ethyl adjacent to an activating group) is 1. The zero-order valence-electron chi connectivity index (χ0n) is 15.7. The van der Waals surface area contributed by atoms with E-state index in [0.29, 0.717) is 11.3 Å². The zero-order chi connectivity index (χ0) is 20.1. The minimum Gasteiger partial charge on any atom is -0.368 e. The molecule has 1 heterocycles. The lowest BCUT2D eigenvalue weighted by atomic mass is 10.1. The van der Waals surface area contributed by atoms with Crippen LogP contribution in [0.25, 0.3) is 0 Å². The van der Waals surface area contributed by atoms with Gasteiger partial charge in [-0.05, 0) is 36.9 Å². The number of piperazine rings is 1. The van der Waals surface area contributed by atoms with Gasteiger partial charge in [0, 0.05) is 26.2 Å². The normalized spacial score (nSPS) is 15.7. The summed E-state index contributed by atoms with van der Waals surface area (Å²) in [4.78, 5) is 28.8. The van der Waals surface area contributed by atoms with Crippen LogP contribution in [-0.4, -0.2) is 50.1 Å². The third kappa shape index (κ3) is 4.77. The van der Waals surface area contributed by atoms with E-state index in [4.69, 9.17) is 5.73 Å². The number of carbonyl (C=O) groups excluding carboxylic acids is 2. The Morgan fingerprint density at radius 1 is 1.04 bits per heavy atom. The molecule has 0 saturated carbocycles. The first-order valence-electron chi connectivity index (χ1n) is 9.09. The molecule has 1 saturated heterocycles. The largest absolute Gasteiger partial charge is 0.368 e. The molecule has 1 unspecified atom stereocenters. The molecule has 3 rings (SSSR count). The Morgan fingerprint density at radius 3 is 2.32 bits per heavy atom. The summed E-state index contributed by atoms with van der Waals surface area (Å²) in [5, 5.41) is 5.36. The smallest absolute Gasteiger partial charge is 0.320 e. The van der Waals surface area contributed by atoms with Crippen molar-refractivity contribution in [1.82, 2.24) is 10.2 Å². The molecule has 1 aliphatic heterocycles. The summed E-state index contributed by atoms with van der Waals surface area (Å²) in [6.45, 7) is 3.59. The maximum atomic E-state index is 13.1. The van der Waals surface area contributed by atoms with E-state index >= 15 is 0 Å². The summed E-state index contributed by atoms with van der Waals surface area (Å²) in [6.07, 6.45) is 0. The van der Waals surface area contributed by atoms with Crippen molar-refractivity contribution in [3.8, 4) is 0 Å². The lowest BCUT2D eigenvalue weighted by molar-refractivity contribution is -0.119. The molecule has 3 amide bonds. The van der Waals surface area contributed by atoms with Gasteiger partial charge in [-0.3, -0.25) is 4.79 Å². The van der Waals surface area contributed by atoms with Gasteiger partial charge in [0.25, 0.3) is 0 Å². The summed E-state index contributed by atoms with van der Waals surface area (Å²) in [5.41, 5.74) is 7.40. The van der Waals surface area contributed by atoms with Gasteiger partial charge in [0.05, 0.1) is 11.4 Å². The summed E-state index contributed by atoms with van der Waals surface area (Å²) in [5.74, 6) is -1.16. The number of rotatable bonds is 5. The van der Waals surface area contributed by atoms with Gasteiger partial charge in [0.15, 0.2) is 0 Å². The Kier molecular flexibility index (Phi) is 6.10. The van der Waals surface area contributed by atoms with E-state index in [9.17, 15) is 14.0 Å². The minimum atomic E-state index is -1.06. The molecule has 148 valence electrons. The molecule has 28 heavy (non-hydrogen) atoms. The SMILES string of the molecule is CN1CCN(c2ccccc2NC(=O)NC(C(N)=O)c2ccc(F)cc2)CC1. The summed E-state index contributed by atoms with van der Waals surface area (Å²) >= 11 is 0. The summed E-state index contributed by atoms with van der Waals surface area (Å²) < 4.78 is 13.1. The van der Waals surface area contributed by atoms with Crippen molar-refractivity contribution in [2.24, 2.45) is 5.73 Å². The monoisotopic (exact) mass is 385 g/mol. The third-order valence-electron chi connectivity index (χ3n) is 4.76. The second-order valence-electron chi connectivity index (χ2n) is 6.79. The van der Waals surface area contributed by atoms with Gasteiger partial charge in [-0.15, -0.1) is 0 Å². The topological polar surface area (TPSA) is 90.7 Å². The average Bonchev–Trinajstić information content (AvgIpc) is 2.68. The van der Waals surface area contributed by atoms with Crippen molar-refractivity contribution in [2.45, 2.75) is 6.04 Å². The predicted octanol–water partition coefficient (Wildman–Crippen LogP) is 1.93. The van der Waals surface area contributed by atoms with Gasteiger partial charge in [0.2, 0.25) is 5.91 Å². The molecule has 2 aromatic carbocycles. The molecule has 2 aromatic rings. The number of hydrogen-bond acceptors (Lipinski definition) is 4. The lowest BCUT2D eigenvalue weighted by Gasteiger charge is -2.35. The third-order valence-corrected chi connectivity index (χ3v) is 4.76. The highest BCUT2D eigenvalue weighted by Gasteiger charge is 2.22. The zero-order valence-corrected chi connectivity index (χ0v) is 15.7. The quantitative estimate of drug-likeness (QED) is 0.734. The first-order valence-corrected chi connectivity index (χ1v) is 9.09. The van der Waals surface area contributed by atoms with E-state index < -0.39 is 23.8 Å². The minimum absolute atomic E-state index is 0.413. The molecule has 1 atom stereocenters. The number of anilines is 2. The molecule has 8 heteroatoms. The molecule has 1 aliphatic rings. The number of halogens is 1. The highest BCUT2D eigenvalue weighted by atomic mass is 19.1. The molecule has 0 radical (unpaired) electrons. The van der Waals surface area contributed by atoms with Gasteiger partial charge in [-0.25, -0.2) is 9.18 Å². The van der Waals surface area contributed by atoms with Crippen molar-refractivity contribution >= 4 is 23.3 Å². The molecule has 0 spiro atoms. The first kappa shape index (κ1) is 19.6. The number of hydrogen-bond donors (Lipinski definition) is 3. The van der Waals surface area contributed by atoms with Gasteiger partial charge >= 0.3 is 6.03 Å². The Morgan fingerprint density at radius 2 is 1.68 bits per heavy atom. The number of carbonyl (C=O) groups is 2. The van der Waals surface area contributed by atoms with Crippen LogP contribution < -0.4 is 21.3 Å². The first-order chi connectivity index (χ1) is 13.4. The number of para-hydroxylation sites is 2. The molecular weight excluding hydrogens is 361 g/mol. The Balaban J connectivity index is 1.72. The van der Waals surface area contributed by atoms with E-state index in [1.165, 1.54) is 24.3 Å². The lowest BCUT2D eigenvalue weighted by Crippen LogP contribution is -2.45. The van der Waals surface area contributed by atoms with Crippen LogP contribution in [0.4, 0.5) is 20.6 Å². The number of benzene rings is 2. The van der Waals surface area contributed by atoms with E-state index in [-0.39, 0.29) is 0 Å². The van der Waals surface area contributed by atoms with Crippen molar-refractivity contribution in [1.29, 1.82) is 0 Å². The van der Waals surface area contributed by atoms with Crippen LogP contribution in [-0.2, 0) is 4.79 Å². The van der Waals surface area contributed by atoms with Crippen molar-refractivity contribution in [2.75, 3.05) is 43.4 Å². The Hall–Kier alpha value is -3.13. The fourth-order valence-corrected chi connectivity index (χ4v) is 3.17. The predicted molar refractivity (Wildman–Crippen MR) is 107 cm³/mol. The number of primary amides is 1. The molecule has 0 aliphatic carbocycles. The second kappa shape index (κ2) is 8.71. The number of nitrogens with two attached hydrogens (primary N) is 1. The molecular formula is C20H24FN5O2. The van der Waals surface area contributed by atoms with E-state index in [0.717, 1.165) is 31.9 Å². The highest BCUT2D eigenvalue weighted by Crippen LogP contribution is 2.26. The molecule has 0 bridgehead atoms. The number of urea groups is 1. The van der Waals surface area contributed by atoms with Crippen LogP contribution in [0, 0.1) is 5.82 Å².